The maximum atomic E-state index is 12.6. The second-order valence-electron chi connectivity index (χ2n) is 6.53. The molecule has 1 aliphatic heterocycles. The lowest BCUT2D eigenvalue weighted by molar-refractivity contribution is -0.120. The molecule has 0 aliphatic carbocycles. The highest BCUT2D eigenvalue weighted by Crippen LogP contribution is 2.34. The molecule has 1 amide bonds. The molecule has 6 nitrogen and oxygen atoms in total. The molecule has 1 unspecified atom stereocenters. The third-order valence-electron chi connectivity index (χ3n) is 4.43. The first-order valence-electron chi connectivity index (χ1n) is 9.13. The van der Waals surface area contributed by atoms with Gasteiger partial charge >= 0.3 is 0 Å². The first-order valence-corrected chi connectivity index (χ1v) is 10.8. The monoisotopic (exact) mass is 415 g/mol. The van der Waals surface area contributed by atoms with Crippen LogP contribution in [0.15, 0.2) is 29.3 Å². The molecule has 0 fully saturated rings. The number of aryl methyl sites for hydroxylation is 2. The molecular weight excluding hydrogens is 394 g/mol. The molecular formula is C20H21N3O3S2. The first-order chi connectivity index (χ1) is 13.5. The fourth-order valence-electron chi connectivity index (χ4n) is 2.92. The summed E-state index contributed by atoms with van der Waals surface area (Å²) >= 11 is 3.16. The third-order valence-corrected chi connectivity index (χ3v) is 6.71. The zero-order valence-corrected chi connectivity index (χ0v) is 17.6. The van der Waals surface area contributed by atoms with Crippen LogP contribution in [0.3, 0.4) is 0 Å². The molecule has 2 aromatic heterocycles. The number of nitrogens with zero attached hydrogens (tertiary/aromatic N) is 2. The zero-order chi connectivity index (χ0) is 19.7. The largest absolute Gasteiger partial charge is 0.454 e. The van der Waals surface area contributed by atoms with Crippen molar-refractivity contribution in [1.82, 2.24) is 15.3 Å². The summed E-state index contributed by atoms with van der Waals surface area (Å²) in [4.78, 5) is 24.0. The second-order valence-corrected chi connectivity index (χ2v) is 8.97. The van der Waals surface area contributed by atoms with E-state index in [1.54, 1.807) is 11.3 Å². The number of carbonyl (C=O) groups excluding carboxylic acids is 1. The molecule has 1 N–H and O–H groups in total. The molecule has 1 atom stereocenters. The normalized spacial score (nSPS) is 13.7. The van der Waals surface area contributed by atoms with Crippen molar-refractivity contribution in [2.75, 3.05) is 6.79 Å². The van der Waals surface area contributed by atoms with Gasteiger partial charge in [-0.3, -0.25) is 4.79 Å². The van der Waals surface area contributed by atoms with Crippen molar-refractivity contribution in [3.63, 3.8) is 0 Å². The quantitative estimate of drug-likeness (QED) is 0.483. The zero-order valence-electron chi connectivity index (χ0n) is 15.9. The molecule has 0 spiro atoms. The van der Waals surface area contributed by atoms with Crippen LogP contribution in [0.2, 0.25) is 0 Å². The van der Waals surface area contributed by atoms with Crippen molar-refractivity contribution in [2.45, 2.75) is 44.0 Å². The van der Waals surface area contributed by atoms with Crippen LogP contribution in [0, 0.1) is 6.92 Å². The Hall–Kier alpha value is -2.32. The van der Waals surface area contributed by atoms with Crippen molar-refractivity contribution in [2.24, 2.45) is 0 Å². The van der Waals surface area contributed by atoms with Crippen molar-refractivity contribution in [3.8, 4) is 11.5 Å². The minimum absolute atomic E-state index is 0.0296. The van der Waals surface area contributed by atoms with E-state index in [0.29, 0.717) is 6.54 Å². The van der Waals surface area contributed by atoms with Crippen LogP contribution < -0.4 is 14.8 Å². The Morgan fingerprint density at radius 1 is 1.29 bits per heavy atom. The Bertz CT molecular complexity index is 1030. The van der Waals surface area contributed by atoms with Gasteiger partial charge in [0.25, 0.3) is 0 Å². The van der Waals surface area contributed by atoms with Crippen molar-refractivity contribution < 1.29 is 14.3 Å². The summed E-state index contributed by atoms with van der Waals surface area (Å²) in [6.07, 6.45) is 0.968. The average molecular weight is 416 g/mol. The molecule has 0 saturated carbocycles. The van der Waals surface area contributed by atoms with Gasteiger partial charge in [-0.2, -0.15) is 0 Å². The topological polar surface area (TPSA) is 73.3 Å². The van der Waals surface area contributed by atoms with Crippen LogP contribution in [-0.4, -0.2) is 27.9 Å². The predicted molar refractivity (Wildman–Crippen MR) is 111 cm³/mol. The fraction of sp³-hybridized carbons (Fsp3) is 0.350. The van der Waals surface area contributed by atoms with Crippen LogP contribution in [0.1, 0.15) is 30.1 Å². The summed E-state index contributed by atoms with van der Waals surface area (Å²) in [5, 5.41) is 4.63. The number of benzene rings is 1. The molecule has 1 aliphatic rings. The van der Waals surface area contributed by atoms with E-state index in [0.717, 1.165) is 44.6 Å². The van der Waals surface area contributed by atoms with E-state index in [9.17, 15) is 4.79 Å². The molecule has 4 rings (SSSR count). The van der Waals surface area contributed by atoms with Gasteiger partial charge in [0.2, 0.25) is 12.7 Å². The number of rotatable bonds is 6. The SMILES string of the molecule is CCc1cc2c(SC(C)C(=O)NCc3ccc4c(c3)OCO4)nc(C)nc2s1. The molecule has 0 bridgehead atoms. The molecule has 146 valence electrons. The first kappa shape index (κ1) is 19.0. The van der Waals surface area contributed by atoms with E-state index >= 15 is 0 Å². The van der Waals surface area contributed by atoms with Gasteiger partial charge in [-0.05, 0) is 44.0 Å². The Kier molecular flexibility index (Phi) is 5.41. The summed E-state index contributed by atoms with van der Waals surface area (Å²) < 4.78 is 10.7. The molecule has 3 heterocycles. The number of thioether (sulfide) groups is 1. The maximum Gasteiger partial charge on any atom is 0.233 e. The lowest BCUT2D eigenvalue weighted by Gasteiger charge is -2.12. The van der Waals surface area contributed by atoms with Crippen LogP contribution >= 0.6 is 23.1 Å². The Balaban J connectivity index is 1.43. The smallest absolute Gasteiger partial charge is 0.233 e. The Morgan fingerprint density at radius 2 is 2.11 bits per heavy atom. The van der Waals surface area contributed by atoms with Crippen molar-refractivity contribution >= 4 is 39.2 Å². The van der Waals surface area contributed by atoms with E-state index in [-0.39, 0.29) is 18.0 Å². The average Bonchev–Trinajstić information content (AvgIpc) is 3.31. The maximum absolute atomic E-state index is 12.6. The summed E-state index contributed by atoms with van der Waals surface area (Å²) in [6, 6.07) is 7.83. The van der Waals surface area contributed by atoms with E-state index < -0.39 is 0 Å². The lowest BCUT2D eigenvalue weighted by atomic mass is 10.2. The molecule has 0 saturated heterocycles. The van der Waals surface area contributed by atoms with Crippen LogP contribution in [0.4, 0.5) is 0 Å². The summed E-state index contributed by atoms with van der Waals surface area (Å²) in [6.45, 7) is 6.60. The van der Waals surface area contributed by atoms with Gasteiger partial charge in [0.05, 0.1) is 5.25 Å². The van der Waals surface area contributed by atoms with Crippen LogP contribution in [0.25, 0.3) is 10.2 Å². The number of hydrogen-bond acceptors (Lipinski definition) is 7. The number of carbonyl (C=O) groups is 1. The van der Waals surface area contributed by atoms with Crippen molar-refractivity contribution in [1.29, 1.82) is 0 Å². The second kappa shape index (κ2) is 7.97. The van der Waals surface area contributed by atoms with E-state index in [1.807, 2.05) is 32.0 Å². The fourth-order valence-corrected chi connectivity index (χ4v) is 4.99. The van der Waals surface area contributed by atoms with E-state index in [1.165, 1.54) is 16.6 Å². The third kappa shape index (κ3) is 3.93. The predicted octanol–water partition coefficient (Wildman–Crippen LogP) is 4.09. The van der Waals surface area contributed by atoms with Crippen LogP contribution in [-0.2, 0) is 17.8 Å². The number of hydrogen-bond donors (Lipinski definition) is 1. The van der Waals surface area contributed by atoms with Gasteiger partial charge in [0.1, 0.15) is 15.7 Å². The number of aromatic nitrogens is 2. The van der Waals surface area contributed by atoms with Gasteiger partial charge in [0.15, 0.2) is 11.5 Å². The van der Waals surface area contributed by atoms with Gasteiger partial charge in [-0.1, -0.05) is 24.8 Å². The number of ether oxygens (including phenoxy) is 2. The highest BCUT2D eigenvalue weighted by molar-refractivity contribution is 8.00. The lowest BCUT2D eigenvalue weighted by Crippen LogP contribution is -2.30. The van der Waals surface area contributed by atoms with Gasteiger partial charge in [0, 0.05) is 16.8 Å². The summed E-state index contributed by atoms with van der Waals surface area (Å²) in [5.74, 6) is 2.16. The number of amides is 1. The minimum Gasteiger partial charge on any atom is -0.454 e. The summed E-state index contributed by atoms with van der Waals surface area (Å²) in [7, 11) is 0. The number of thiophene rings is 1. The van der Waals surface area contributed by atoms with Crippen LogP contribution in [0.5, 0.6) is 11.5 Å². The van der Waals surface area contributed by atoms with E-state index in [2.05, 4.69) is 28.3 Å². The minimum atomic E-state index is -0.267. The van der Waals surface area contributed by atoms with Gasteiger partial charge in [-0.15, -0.1) is 11.3 Å². The molecule has 28 heavy (non-hydrogen) atoms. The Labute approximate surface area is 171 Å². The highest BCUT2D eigenvalue weighted by atomic mass is 32.2. The van der Waals surface area contributed by atoms with Crippen molar-refractivity contribution in [3.05, 3.63) is 40.5 Å². The number of nitrogens with one attached hydrogen (secondary N) is 1. The molecule has 3 aromatic rings. The van der Waals surface area contributed by atoms with Gasteiger partial charge < -0.3 is 14.8 Å². The summed E-state index contributed by atoms with van der Waals surface area (Å²) in [5.41, 5.74) is 0.973. The molecule has 1 aromatic carbocycles. The van der Waals surface area contributed by atoms with E-state index in [4.69, 9.17) is 9.47 Å². The highest BCUT2D eigenvalue weighted by Gasteiger charge is 2.19. The molecule has 8 heteroatoms. The molecule has 0 radical (unpaired) electrons. The standard InChI is InChI=1S/C20H21N3O3S2/c1-4-14-8-15-19(22-12(3)23-20(15)28-14)27-11(2)18(24)21-9-13-5-6-16-17(7-13)26-10-25-16/h5-8,11H,4,9-10H2,1-3H3,(H,21,24). The van der Waals surface area contributed by atoms with Gasteiger partial charge in [-0.25, -0.2) is 9.97 Å². The Morgan fingerprint density at radius 3 is 2.93 bits per heavy atom. The number of fused-ring (bicyclic) bond motifs is 2.